The second kappa shape index (κ2) is 3.28. The Kier molecular flexibility index (Phi) is 2.15. The predicted octanol–water partition coefficient (Wildman–Crippen LogP) is 1.90. The lowest BCUT2D eigenvalue weighted by molar-refractivity contribution is 0.715. The largest absolute Gasteiger partial charge is 0.236 e. The van der Waals surface area contributed by atoms with Crippen LogP contribution < -0.4 is 5.32 Å². The van der Waals surface area contributed by atoms with E-state index in [9.17, 15) is 0 Å². The maximum absolute atomic E-state index is 4.39. The number of nitrogens with zero attached hydrogens (tertiary/aromatic N) is 1. The molecule has 1 aromatic rings. The zero-order chi connectivity index (χ0) is 7.52. The SMILES string of the molecule is c1ccc2c(c1)C[N]CCS2. The van der Waals surface area contributed by atoms with E-state index in [1.165, 1.54) is 10.5 Å². The molecular formula is C9H10NS. The van der Waals surface area contributed by atoms with Gasteiger partial charge in [0.2, 0.25) is 0 Å². The summed E-state index contributed by atoms with van der Waals surface area (Å²) in [5.41, 5.74) is 1.38. The Morgan fingerprint density at radius 3 is 3.18 bits per heavy atom. The normalized spacial score (nSPS) is 17.1. The molecule has 1 aliphatic heterocycles. The van der Waals surface area contributed by atoms with Gasteiger partial charge in [-0.25, -0.2) is 5.32 Å². The minimum absolute atomic E-state index is 0.906. The minimum atomic E-state index is 0.906. The van der Waals surface area contributed by atoms with Gasteiger partial charge in [0, 0.05) is 23.7 Å². The molecule has 1 radical (unpaired) electrons. The van der Waals surface area contributed by atoms with Gasteiger partial charge in [0.05, 0.1) is 0 Å². The van der Waals surface area contributed by atoms with Crippen molar-refractivity contribution in [1.82, 2.24) is 5.32 Å². The van der Waals surface area contributed by atoms with E-state index in [1.54, 1.807) is 0 Å². The maximum atomic E-state index is 4.39. The lowest BCUT2D eigenvalue weighted by atomic mass is 10.2. The van der Waals surface area contributed by atoms with Gasteiger partial charge in [0.25, 0.3) is 0 Å². The van der Waals surface area contributed by atoms with Crippen LogP contribution in [0, 0.1) is 0 Å². The molecule has 2 heteroatoms. The summed E-state index contributed by atoms with van der Waals surface area (Å²) in [6, 6.07) is 8.52. The highest BCUT2D eigenvalue weighted by Crippen LogP contribution is 2.24. The van der Waals surface area contributed by atoms with Crippen LogP contribution in [0.25, 0.3) is 0 Å². The summed E-state index contributed by atoms with van der Waals surface area (Å²) in [6.45, 7) is 1.91. The Morgan fingerprint density at radius 2 is 2.18 bits per heavy atom. The van der Waals surface area contributed by atoms with E-state index in [0.29, 0.717) is 0 Å². The van der Waals surface area contributed by atoms with E-state index in [0.717, 1.165) is 18.8 Å². The fourth-order valence-electron chi connectivity index (χ4n) is 1.19. The average molecular weight is 164 g/mol. The highest BCUT2D eigenvalue weighted by atomic mass is 32.2. The third-order valence-corrected chi connectivity index (χ3v) is 2.86. The van der Waals surface area contributed by atoms with E-state index < -0.39 is 0 Å². The first kappa shape index (κ1) is 7.19. The molecule has 0 saturated carbocycles. The van der Waals surface area contributed by atoms with Gasteiger partial charge in [-0.3, -0.25) is 0 Å². The summed E-state index contributed by atoms with van der Waals surface area (Å²) < 4.78 is 0. The van der Waals surface area contributed by atoms with Crippen molar-refractivity contribution in [3.63, 3.8) is 0 Å². The molecule has 1 aromatic carbocycles. The van der Waals surface area contributed by atoms with Crippen LogP contribution in [0.15, 0.2) is 29.2 Å². The van der Waals surface area contributed by atoms with E-state index in [1.807, 2.05) is 11.8 Å². The number of rotatable bonds is 0. The lowest BCUT2D eigenvalue weighted by Crippen LogP contribution is -2.04. The van der Waals surface area contributed by atoms with Gasteiger partial charge in [-0.15, -0.1) is 11.8 Å². The summed E-state index contributed by atoms with van der Waals surface area (Å²) in [7, 11) is 0. The molecule has 0 aliphatic carbocycles. The molecule has 57 valence electrons. The van der Waals surface area contributed by atoms with E-state index >= 15 is 0 Å². The van der Waals surface area contributed by atoms with Gasteiger partial charge in [0.15, 0.2) is 0 Å². The average Bonchev–Trinajstić information content (AvgIpc) is 2.28. The van der Waals surface area contributed by atoms with Gasteiger partial charge in [-0.2, -0.15) is 0 Å². The Labute approximate surface area is 71.2 Å². The number of fused-ring (bicyclic) bond motifs is 1. The fourth-order valence-corrected chi connectivity index (χ4v) is 2.13. The standard InChI is InChI=1S/C9H10NS/c1-2-4-9-8(3-1)7-10-5-6-11-9/h1-4H,5-7H2. The van der Waals surface area contributed by atoms with Crippen LogP contribution in [-0.4, -0.2) is 12.3 Å². The van der Waals surface area contributed by atoms with Gasteiger partial charge >= 0.3 is 0 Å². The quantitative estimate of drug-likeness (QED) is 0.571. The topological polar surface area (TPSA) is 14.1 Å². The predicted molar refractivity (Wildman–Crippen MR) is 47.9 cm³/mol. The van der Waals surface area contributed by atoms with E-state index in [4.69, 9.17) is 0 Å². The summed E-state index contributed by atoms with van der Waals surface area (Å²) in [6.07, 6.45) is 0. The molecule has 1 nitrogen and oxygen atoms in total. The van der Waals surface area contributed by atoms with Crippen molar-refractivity contribution in [3.8, 4) is 0 Å². The van der Waals surface area contributed by atoms with Crippen molar-refractivity contribution in [2.24, 2.45) is 0 Å². The number of hydrogen-bond donors (Lipinski definition) is 0. The van der Waals surface area contributed by atoms with Gasteiger partial charge in [-0.1, -0.05) is 18.2 Å². The van der Waals surface area contributed by atoms with Crippen LogP contribution >= 0.6 is 11.8 Å². The molecule has 1 heterocycles. The Balaban J connectivity index is 2.33. The number of benzene rings is 1. The highest BCUT2D eigenvalue weighted by Gasteiger charge is 2.05. The van der Waals surface area contributed by atoms with Crippen molar-refractivity contribution in [2.45, 2.75) is 11.4 Å². The van der Waals surface area contributed by atoms with Crippen molar-refractivity contribution in [1.29, 1.82) is 0 Å². The zero-order valence-electron chi connectivity index (χ0n) is 6.29. The van der Waals surface area contributed by atoms with Crippen molar-refractivity contribution < 1.29 is 0 Å². The molecule has 0 atom stereocenters. The molecule has 0 spiro atoms. The number of hydrogen-bond acceptors (Lipinski definition) is 1. The molecule has 11 heavy (non-hydrogen) atoms. The third kappa shape index (κ3) is 1.57. The van der Waals surface area contributed by atoms with Gasteiger partial charge < -0.3 is 0 Å². The van der Waals surface area contributed by atoms with Crippen LogP contribution in [0.2, 0.25) is 0 Å². The Hall–Kier alpha value is -0.470. The molecule has 1 aliphatic rings. The van der Waals surface area contributed by atoms with Crippen LogP contribution in [-0.2, 0) is 6.54 Å². The first-order chi connectivity index (χ1) is 5.47. The second-order valence-corrected chi connectivity index (χ2v) is 3.70. The van der Waals surface area contributed by atoms with Crippen molar-refractivity contribution in [2.75, 3.05) is 12.3 Å². The third-order valence-electron chi connectivity index (χ3n) is 1.76. The van der Waals surface area contributed by atoms with Crippen LogP contribution in [0.4, 0.5) is 0 Å². The molecular weight excluding hydrogens is 154 g/mol. The molecule has 0 aromatic heterocycles. The van der Waals surface area contributed by atoms with Crippen molar-refractivity contribution >= 4 is 11.8 Å². The monoisotopic (exact) mass is 164 g/mol. The second-order valence-electron chi connectivity index (χ2n) is 2.56. The molecule has 0 saturated heterocycles. The van der Waals surface area contributed by atoms with Crippen LogP contribution in [0.3, 0.4) is 0 Å². The summed E-state index contributed by atoms with van der Waals surface area (Å²) in [4.78, 5) is 1.41. The van der Waals surface area contributed by atoms with Crippen LogP contribution in [0.5, 0.6) is 0 Å². The Bertz CT molecular complexity index is 222. The molecule has 0 fully saturated rings. The number of thioether (sulfide) groups is 1. The van der Waals surface area contributed by atoms with Gasteiger partial charge in [0.1, 0.15) is 0 Å². The van der Waals surface area contributed by atoms with E-state index in [2.05, 4.69) is 29.6 Å². The molecule has 0 N–H and O–H groups in total. The minimum Gasteiger partial charge on any atom is -0.236 e. The van der Waals surface area contributed by atoms with Crippen molar-refractivity contribution in [3.05, 3.63) is 29.8 Å². The molecule has 0 amide bonds. The van der Waals surface area contributed by atoms with Crippen LogP contribution in [0.1, 0.15) is 5.56 Å². The first-order valence-corrected chi connectivity index (χ1v) is 4.79. The molecule has 0 unspecified atom stereocenters. The molecule has 0 bridgehead atoms. The summed E-state index contributed by atoms with van der Waals surface area (Å²) >= 11 is 1.92. The van der Waals surface area contributed by atoms with Gasteiger partial charge in [-0.05, 0) is 11.6 Å². The smallest absolute Gasteiger partial charge is 0.0395 e. The lowest BCUT2D eigenvalue weighted by Gasteiger charge is -2.01. The maximum Gasteiger partial charge on any atom is 0.0395 e. The summed E-state index contributed by atoms with van der Waals surface area (Å²) in [5, 5.41) is 4.39. The Morgan fingerprint density at radius 1 is 1.27 bits per heavy atom. The zero-order valence-corrected chi connectivity index (χ0v) is 7.10. The molecule has 2 rings (SSSR count). The first-order valence-electron chi connectivity index (χ1n) is 3.81. The van der Waals surface area contributed by atoms with E-state index in [-0.39, 0.29) is 0 Å². The fraction of sp³-hybridized carbons (Fsp3) is 0.333. The highest BCUT2D eigenvalue weighted by molar-refractivity contribution is 7.99. The summed E-state index contributed by atoms with van der Waals surface area (Å²) in [5.74, 6) is 1.14.